The molecule has 9 heteroatoms. The van der Waals surface area contributed by atoms with Gasteiger partial charge < -0.3 is 22.1 Å². The zero-order valence-electron chi connectivity index (χ0n) is 19.9. The number of nitrogens with zero attached hydrogens (tertiary/aromatic N) is 1. The van der Waals surface area contributed by atoms with Crippen LogP contribution in [0, 0.1) is 6.92 Å². The molecule has 0 spiro atoms. The molecule has 168 valence electrons. The summed E-state index contributed by atoms with van der Waals surface area (Å²) < 4.78 is 0. The van der Waals surface area contributed by atoms with Gasteiger partial charge in [-0.1, -0.05) is 48.5 Å². The minimum Gasteiger partial charge on any atom is -1.00 e. The molecule has 0 aliphatic carbocycles. The predicted molar refractivity (Wildman–Crippen MR) is 119 cm³/mol. The van der Waals surface area contributed by atoms with Crippen LogP contribution in [0.3, 0.4) is 0 Å². The van der Waals surface area contributed by atoms with Crippen molar-refractivity contribution in [2.75, 3.05) is 7.05 Å². The molecule has 1 aliphatic heterocycles. The monoisotopic (exact) mass is 459 g/mol. The first-order valence-corrected chi connectivity index (χ1v) is 10.2. The van der Waals surface area contributed by atoms with Crippen LogP contribution in [-0.2, 0) is 20.8 Å². The van der Waals surface area contributed by atoms with Gasteiger partial charge in [0.05, 0.1) is 12.5 Å². The van der Waals surface area contributed by atoms with Crippen LogP contribution in [0.1, 0.15) is 36.1 Å². The van der Waals surface area contributed by atoms with Crippen molar-refractivity contribution in [3.8, 4) is 0 Å². The van der Waals surface area contributed by atoms with Gasteiger partial charge >= 0.3 is 41.6 Å². The zero-order chi connectivity index (χ0) is 23.3. The summed E-state index contributed by atoms with van der Waals surface area (Å²) in [4.78, 5) is 49.3. The van der Waals surface area contributed by atoms with E-state index in [0.717, 1.165) is 16.7 Å². The molecule has 3 rings (SSSR count). The molecule has 3 amide bonds. The number of nitrogens with one attached hydrogen (secondary N) is 2. The maximum atomic E-state index is 12.5. The maximum Gasteiger partial charge on any atom is 1.00 e. The summed E-state index contributed by atoms with van der Waals surface area (Å²) in [6, 6.07) is 12.4. The van der Waals surface area contributed by atoms with Gasteiger partial charge in [-0.2, -0.15) is 0 Å². The van der Waals surface area contributed by atoms with Crippen LogP contribution in [0.4, 0.5) is 4.79 Å². The minimum atomic E-state index is -1.34. The number of urea groups is 1. The van der Waals surface area contributed by atoms with Crippen molar-refractivity contribution in [3.05, 3.63) is 83.1 Å². The molecule has 2 atom stereocenters. The molecule has 33 heavy (non-hydrogen) atoms. The number of ketones is 1. The fraction of sp³-hybridized carbons (Fsp3) is 0.250. The van der Waals surface area contributed by atoms with Crippen molar-refractivity contribution < 1.29 is 55.3 Å². The van der Waals surface area contributed by atoms with Crippen molar-refractivity contribution in [2.45, 2.75) is 31.8 Å². The largest absolute Gasteiger partial charge is 1.00 e. The summed E-state index contributed by atoms with van der Waals surface area (Å²) in [5, 5.41) is 14.3. The van der Waals surface area contributed by atoms with E-state index in [-0.39, 0.29) is 37.4 Å². The number of carboxylic acid groups (broad SMARTS) is 1. The molecule has 0 fully saturated rings. The Bertz CT molecular complexity index is 1090. The number of hydrogen-bond acceptors (Lipinski definition) is 4. The van der Waals surface area contributed by atoms with Gasteiger partial charge in [0, 0.05) is 19.3 Å². The summed E-state index contributed by atoms with van der Waals surface area (Å²) >= 11 is 0. The Morgan fingerprint density at radius 3 is 2.58 bits per heavy atom. The van der Waals surface area contributed by atoms with Gasteiger partial charge in [-0.3, -0.25) is 14.4 Å². The summed E-state index contributed by atoms with van der Waals surface area (Å²) in [6.07, 6.45) is 2.84. The second-order valence-corrected chi connectivity index (χ2v) is 7.72. The van der Waals surface area contributed by atoms with Crippen LogP contribution in [0.2, 0.25) is 0 Å². The summed E-state index contributed by atoms with van der Waals surface area (Å²) in [7, 11) is 1.48. The molecule has 2 aromatic rings. The number of amides is 3. The van der Waals surface area contributed by atoms with Crippen molar-refractivity contribution in [1.82, 2.24) is 15.5 Å². The number of aliphatic carboxylic acids is 1. The van der Waals surface area contributed by atoms with E-state index in [2.05, 4.69) is 10.6 Å². The number of carbonyl (C=O) groups is 4. The number of carboxylic acids is 1. The van der Waals surface area contributed by atoms with E-state index in [1.807, 2.05) is 49.4 Å². The fourth-order valence-corrected chi connectivity index (χ4v) is 3.52. The molecule has 0 aromatic heterocycles. The van der Waals surface area contributed by atoms with E-state index in [1.165, 1.54) is 24.2 Å². The molecule has 3 N–H and O–H groups in total. The molecule has 2 aromatic carbocycles. The van der Waals surface area contributed by atoms with Crippen molar-refractivity contribution >= 4 is 23.7 Å². The van der Waals surface area contributed by atoms with Crippen LogP contribution < -0.4 is 40.2 Å². The SMILES string of the molecule is Cc1ccccc1Cc1cccc(C(CC(=O)O)NC(=O)NC2C(=O)C=CN(C)C2=O)c1.[H-].[Na+]. The Labute approximate surface area is 215 Å². The van der Waals surface area contributed by atoms with Gasteiger partial charge in [0.15, 0.2) is 11.8 Å². The molecule has 0 radical (unpaired) electrons. The standard InChI is InChI=1S/C24H25N3O5.Na.H/c1-15-6-3-4-8-17(15)12-16-7-5-9-18(13-16)19(14-21(29)30)25-24(32)26-22-20(28)10-11-27(2)23(22)31;;/h3-11,13,19,22H,12,14H2,1-2H3,(H,29,30)(H2,25,26,32);;/q;+1;-1. The van der Waals surface area contributed by atoms with Gasteiger partial charge in [0.25, 0.3) is 5.91 Å². The van der Waals surface area contributed by atoms with Crippen molar-refractivity contribution in [2.24, 2.45) is 0 Å². The normalized spacial score (nSPS) is 16.1. The predicted octanol–water partition coefficient (Wildman–Crippen LogP) is -0.559. The van der Waals surface area contributed by atoms with Gasteiger partial charge in [-0.15, -0.1) is 0 Å². The van der Waals surface area contributed by atoms with Crippen LogP contribution >= 0.6 is 0 Å². The first-order valence-electron chi connectivity index (χ1n) is 10.2. The molecule has 0 saturated heterocycles. The molecule has 0 bridgehead atoms. The maximum absolute atomic E-state index is 12.5. The molecular weight excluding hydrogens is 433 g/mol. The first kappa shape index (κ1) is 26.3. The van der Waals surface area contributed by atoms with E-state index in [4.69, 9.17) is 0 Å². The second-order valence-electron chi connectivity index (χ2n) is 7.72. The van der Waals surface area contributed by atoms with Gasteiger partial charge in [-0.25, -0.2) is 4.79 Å². The molecular formula is C24H26N3NaO5. The Kier molecular flexibility index (Phi) is 9.40. The Morgan fingerprint density at radius 1 is 1.15 bits per heavy atom. The van der Waals surface area contributed by atoms with Gasteiger partial charge in [0.1, 0.15) is 0 Å². The fourth-order valence-electron chi connectivity index (χ4n) is 3.52. The van der Waals surface area contributed by atoms with Crippen LogP contribution in [0.15, 0.2) is 60.8 Å². The van der Waals surface area contributed by atoms with Crippen molar-refractivity contribution in [1.29, 1.82) is 0 Å². The Morgan fingerprint density at radius 2 is 1.88 bits per heavy atom. The van der Waals surface area contributed by atoms with E-state index < -0.39 is 35.8 Å². The molecule has 2 unspecified atom stereocenters. The van der Waals surface area contributed by atoms with E-state index >= 15 is 0 Å². The van der Waals surface area contributed by atoms with Gasteiger partial charge in [0.2, 0.25) is 0 Å². The average Bonchev–Trinajstić information content (AvgIpc) is 2.75. The van der Waals surface area contributed by atoms with E-state index in [9.17, 15) is 24.3 Å². The molecule has 1 aliphatic rings. The summed E-state index contributed by atoms with van der Waals surface area (Å²) in [5.41, 5.74) is 3.89. The topological polar surface area (TPSA) is 116 Å². The second kappa shape index (κ2) is 11.8. The van der Waals surface area contributed by atoms with Crippen LogP contribution in [0.5, 0.6) is 0 Å². The van der Waals surface area contributed by atoms with E-state index in [1.54, 1.807) is 6.07 Å². The smallest absolute Gasteiger partial charge is 1.00 e. The van der Waals surface area contributed by atoms with Crippen LogP contribution in [0.25, 0.3) is 0 Å². The minimum absolute atomic E-state index is 0. The Balaban J connectivity index is 0.00000289. The zero-order valence-corrected chi connectivity index (χ0v) is 20.9. The average molecular weight is 459 g/mol. The quantitative estimate of drug-likeness (QED) is 0.379. The number of carbonyl (C=O) groups excluding carboxylic acids is 3. The number of hydrogen-bond donors (Lipinski definition) is 3. The molecule has 1 heterocycles. The number of likely N-dealkylation sites (N-methyl/N-ethyl adjacent to an activating group) is 1. The third kappa shape index (κ3) is 7.02. The van der Waals surface area contributed by atoms with Gasteiger partial charge in [-0.05, 0) is 35.6 Å². The first-order chi connectivity index (χ1) is 15.2. The third-order valence-corrected chi connectivity index (χ3v) is 5.31. The number of benzene rings is 2. The van der Waals surface area contributed by atoms with E-state index in [0.29, 0.717) is 12.0 Å². The number of rotatable bonds is 7. The molecule has 0 saturated carbocycles. The number of aryl methyl sites for hydroxylation is 1. The third-order valence-electron chi connectivity index (χ3n) is 5.31. The van der Waals surface area contributed by atoms with Crippen molar-refractivity contribution in [3.63, 3.8) is 0 Å². The Hall–Kier alpha value is -2.94. The molecule has 8 nitrogen and oxygen atoms in total. The summed E-state index contributed by atoms with van der Waals surface area (Å²) in [6.45, 7) is 2.03. The summed E-state index contributed by atoms with van der Waals surface area (Å²) in [5.74, 6) is -2.20. The van der Waals surface area contributed by atoms with Crippen LogP contribution in [-0.4, -0.2) is 46.8 Å².